The predicted molar refractivity (Wildman–Crippen MR) is 61.8 cm³/mol. The van der Waals surface area contributed by atoms with Gasteiger partial charge < -0.3 is 15.7 Å². The normalized spacial score (nSPS) is 11.3. The molecular formula is C11H13F3N2O2. The standard InChI is InChI=1S/C11H13F3N2O2/c1-16(5-4-11(12,13)14)9-3-2-7(10(17)18)6-8(9)15/h2-3,6H,4-5,15H2,1H3,(H,17,18). The Hall–Kier alpha value is -1.92. The quantitative estimate of drug-likeness (QED) is 0.817. The van der Waals surface area contributed by atoms with Crippen LogP contribution in [0, 0.1) is 0 Å². The van der Waals surface area contributed by atoms with Crippen molar-refractivity contribution in [2.45, 2.75) is 12.6 Å². The van der Waals surface area contributed by atoms with Crippen LogP contribution in [0.4, 0.5) is 24.5 Å². The number of carbonyl (C=O) groups is 1. The molecule has 18 heavy (non-hydrogen) atoms. The molecule has 0 radical (unpaired) electrons. The van der Waals surface area contributed by atoms with Gasteiger partial charge in [-0.05, 0) is 18.2 Å². The third-order valence-corrected chi connectivity index (χ3v) is 2.42. The van der Waals surface area contributed by atoms with Gasteiger partial charge in [0.1, 0.15) is 0 Å². The summed E-state index contributed by atoms with van der Waals surface area (Å²) in [5.41, 5.74) is 6.13. The Balaban J connectivity index is 2.80. The third kappa shape index (κ3) is 3.83. The molecule has 7 heteroatoms. The minimum Gasteiger partial charge on any atom is -0.478 e. The minimum atomic E-state index is -4.23. The molecule has 4 nitrogen and oxygen atoms in total. The first kappa shape index (κ1) is 14.1. The minimum absolute atomic E-state index is 0.000436. The van der Waals surface area contributed by atoms with Crippen molar-refractivity contribution in [3.05, 3.63) is 23.8 Å². The number of hydrogen-bond acceptors (Lipinski definition) is 3. The van der Waals surface area contributed by atoms with Crippen molar-refractivity contribution in [1.82, 2.24) is 0 Å². The Morgan fingerprint density at radius 2 is 2.06 bits per heavy atom. The molecule has 3 N–H and O–H groups in total. The van der Waals surface area contributed by atoms with E-state index in [-0.39, 0.29) is 17.8 Å². The van der Waals surface area contributed by atoms with E-state index in [0.29, 0.717) is 5.69 Å². The fraction of sp³-hybridized carbons (Fsp3) is 0.364. The van der Waals surface area contributed by atoms with Gasteiger partial charge in [-0.3, -0.25) is 0 Å². The molecule has 0 saturated carbocycles. The molecule has 0 amide bonds. The predicted octanol–water partition coefficient (Wildman–Crippen LogP) is 2.36. The van der Waals surface area contributed by atoms with Gasteiger partial charge in [-0.1, -0.05) is 0 Å². The number of nitrogen functional groups attached to an aromatic ring is 1. The van der Waals surface area contributed by atoms with Crippen LogP contribution < -0.4 is 10.6 Å². The molecule has 0 aliphatic carbocycles. The molecule has 0 heterocycles. The molecule has 100 valence electrons. The second-order valence-corrected chi connectivity index (χ2v) is 3.87. The first-order valence-corrected chi connectivity index (χ1v) is 5.11. The summed E-state index contributed by atoms with van der Waals surface area (Å²) in [6, 6.07) is 3.93. The Bertz CT molecular complexity index is 446. The Morgan fingerprint density at radius 3 is 2.50 bits per heavy atom. The maximum absolute atomic E-state index is 12.1. The van der Waals surface area contributed by atoms with E-state index in [2.05, 4.69) is 0 Å². The number of nitrogens with two attached hydrogens (primary N) is 1. The molecule has 0 atom stereocenters. The van der Waals surface area contributed by atoms with Crippen LogP contribution in [0.2, 0.25) is 0 Å². The first-order valence-electron chi connectivity index (χ1n) is 5.11. The number of aromatic carboxylic acids is 1. The van der Waals surface area contributed by atoms with Crippen molar-refractivity contribution in [1.29, 1.82) is 0 Å². The van der Waals surface area contributed by atoms with Crippen LogP contribution in [0.5, 0.6) is 0 Å². The highest BCUT2D eigenvalue weighted by atomic mass is 19.4. The molecule has 1 rings (SSSR count). The summed E-state index contributed by atoms with van der Waals surface area (Å²) in [6.07, 6.45) is -5.19. The summed E-state index contributed by atoms with van der Waals surface area (Å²) in [4.78, 5) is 12.0. The van der Waals surface area contributed by atoms with Crippen molar-refractivity contribution >= 4 is 17.3 Å². The fourth-order valence-electron chi connectivity index (χ4n) is 1.45. The summed E-state index contributed by atoms with van der Waals surface area (Å²) in [7, 11) is 1.47. The highest BCUT2D eigenvalue weighted by Crippen LogP contribution is 2.26. The van der Waals surface area contributed by atoms with E-state index >= 15 is 0 Å². The average molecular weight is 262 g/mol. The van der Waals surface area contributed by atoms with Crippen molar-refractivity contribution in [3.8, 4) is 0 Å². The van der Waals surface area contributed by atoms with E-state index < -0.39 is 18.6 Å². The fourth-order valence-corrected chi connectivity index (χ4v) is 1.45. The van der Waals surface area contributed by atoms with Gasteiger partial charge in [0.2, 0.25) is 0 Å². The summed E-state index contributed by atoms with van der Waals surface area (Å²) < 4.78 is 36.2. The number of anilines is 2. The first-order chi connectivity index (χ1) is 8.20. The molecule has 1 aromatic carbocycles. The highest BCUT2D eigenvalue weighted by molar-refractivity contribution is 5.90. The van der Waals surface area contributed by atoms with E-state index in [1.54, 1.807) is 0 Å². The Kier molecular flexibility index (Phi) is 4.05. The molecule has 0 saturated heterocycles. The number of hydrogen-bond donors (Lipinski definition) is 2. The molecular weight excluding hydrogens is 249 g/mol. The van der Waals surface area contributed by atoms with Gasteiger partial charge >= 0.3 is 12.1 Å². The van der Waals surface area contributed by atoms with Gasteiger partial charge in [0, 0.05) is 13.6 Å². The highest BCUT2D eigenvalue weighted by Gasteiger charge is 2.27. The van der Waals surface area contributed by atoms with Gasteiger partial charge in [-0.2, -0.15) is 13.2 Å². The SMILES string of the molecule is CN(CCC(F)(F)F)c1ccc(C(=O)O)cc1N. The van der Waals surface area contributed by atoms with E-state index in [0.717, 1.165) is 0 Å². The average Bonchev–Trinajstić information content (AvgIpc) is 2.24. The van der Waals surface area contributed by atoms with Crippen molar-refractivity contribution < 1.29 is 23.1 Å². The van der Waals surface area contributed by atoms with Crippen LogP contribution in [-0.4, -0.2) is 30.8 Å². The second kappa shape index (κ2) is 5.16. The smallest absolute Gasteiger partial charge is 0.390 e. The summed E-state index contributed by atoms with van der Waals surface area (Å²) >= 11 is 0. The van der Waals surface area contributed by atoms with Crippen molar-refractivity contribution in [3.63, 3.8) is 0 Å². The van der Waals surface area contributed by atoms with Crippen molar-refractivity contribution in [2.75, 3.05) is 24.2 Å². The van der Waals surface area contributed by atoms with E-state index in [1.165, 1.54) is 30.1 Å². The van der Waals surface area contributed by atoms with Crippen LogP contribution >= 0.6 is 0 Å². The Labute approximate surface area is 102 Å². The van der Waals surface area contributed by atoms with Crippen LogP contribution in [0.1, 0.15) is 16.8 Å². The van der Waals surface area contributed by atoms with Gasteiger partial charge in [-0.25, -0.2) is 4.79 Å². The maximum atomic E-state index is 12.1. The molecule has 0 fully saturated rings. The number of halogens is 3. The summed E-state index contributed by atoms with van der Waals surface area (Å²) in [5, 5.41) is 8.73. The van der Waals surface area contributed by atoms with Crippen LogP contribution in [0.25, 0.3) is 0 Å². The summed E-state index contributed by atoms with van der Waals surface area (Å²) in [6.45, 7) is -0.236. The van der Waals surface area contributed by atoms with E-state index in [1.807, 2.05) is 0 Å². The number of carboxylic acid groups (broad SMARTS) is 1. The zero-order valence-corrected chi connectivity index (χ0v) is 9.66. The molecule has 1 aromatic rings. The number of carboxylic acids is 1. The van der Waals surface area contributed by atoms with Crippen molar-refractivity contribution in [2.24, 2.45) is 0 Å². The monoisotopic (exact) mass is 262 g/mol. The molecule has 0 spiro atoms. The third-order valence-electron chi connectivity index (χ3n) is 2.42. The Morgan fingerprint density at radius 1 is 1.44 bits per heavy atom. The number of rotatable bonds is 4. The molecule has 0 unspecified atom stereocenters. The molecule has 0 aromatic heterocycles. The second-order valence-electron chi connectivity index (χ2n) is 3.87. The lowest BCUT2D eigenvalue weighted by Gasteiger charge is -2.22. The maximum Gasteiger partial charge on any atom is 0.390 e. The van der Waals surface area contributed by atoms with Crippen LogP contribution in [-0.2, 0) is 0 Å². The number of benzene rings is 1. The van der Waals surface area contributed by atoms with Gasteiger partial charge in [0.15, 0.2) is 0 Å². The van der Waals surface area contributed by atoms with Crippen LogP contribution in [0.3, 0.4) is 0 Å². The molecule has 0 aliphatic heterocycles. The summed E-state index contributed by atoms with van der Waals surface area (Å²) in [5.74, 6) is -1.13. The lowest BCUT2D eigenvalue weighted by Crippen LogP contribution is -2.24. The molecule has 0 bridgehead atoms. The van der Waals surface area contributed by atoms with Gasteiger partial charge in [0.05, 0.1) is 23.4 Å². The largest absolute Gasteiger partial charge is 0.478 e. The van der Waals surface area contributed by atoms with Gasteiger partial charge in [-0.15, -0.1) is 0 Å². The van der Waals surface area contributed by atoms with Gasteiger partial charge in [0.25, 0.3) is 0 Å². The number of alkyl halides is 3. The lowest BCUT2D eigenvalue weighted by molar-refractivity contribution is -0.132. The molecule has 0 aliphatic rings. The topological polar surface area (TPSA) is 66.6 Å². The van der Waals surface area contributed by atoms with E-state index in [9.17, 15) is 18.0 Å². The van der Waals surface area contributed by atoms with Crippen LogP contribution in [0.15, 0.2) is 18.2 Å². The number of nitrogens with zero attached hydrogens (tertiary/aromatic N) is 1. The zero-order chi connectivity index (χ0) is 13.9. The van der Waals surface area contributed by atoms with E-state index in [4.69, 9.17) is 10.8 Å². The zero-order valence-electron chi connectivity index (χ0n) is 9.66. The lowest BCUT2D eigenvalue weighted by atomic mass is 10.1.